The van der Waals surface area contributed by atoms with Crippen molar-refractivity contribution in [3.8, 4) is 5.69 Å². The fraction of sp³-hybridized carbons (Fsp3) is 0.0909. The van der Waals surface area contributed by atoms with Gasteiger partial charge in [0.05, 0.1) is 5.69 Å². The van der Waals surface area contributed by atoms with Crippen molar-refractivity contribution in [2.75, 3.05) is 0 Å². The van der Waals surface area contributed by atoms with Crippen molar-refractivity contribution in [1.82, 2.24) is 19.3 Å². The molecule has 0 amide bonds. The van der Waals surface area contributed by atoms with Gasteiger partial charge in [0.15, 0.2) is 4.77 Å². The average Bonchev–Trinajstić information content (AvgIpc) is 2.86. The van der Waals surface area contributed by atoms with Crippen LogP contribution >= 0.6 is 12.2 Å². The van der Waals surface area contributed by atoms with Gasteiger partial charge in [0.1, 0.15) is 6.33 Å². The number of rotatable bonds is 1. The van der Waals surface area contributed by atoms with E-state index in [1.54, 1.807) is 6.33 Å². The van der Waals surface area contributed by atoms with Gasteiger partial charge in [-0.15, -0.1) is 0 Å². The maximum absolute atomic E-state index is 5.13. The van der Waals surface area contributed by atoms with Gasteiger partial charge in [-0.05, 0) is 36.5 Å². The van der Waals surface area contributed by atoms with Gasteiger partial charge < -0.3 is 4.57 Å². The second kappa shape index (κ2) is 3.31. The topological polar surface area (TPSA) is 38.5 Å². The Hall–Kier alpha value is -1.88. The minimum absolute atomic E-state index is 0.607. The summed E-state index contributed by atoms with van der Waals surface area (Å²) in [5, 5.41) is 7.85. The molecule has 2 heterocycles. The number of hydrogen-bond acceptors (Lipinski definition) is 2. The maximum Gasteiger partial charge on any atom is 0.199 e. The van der Waals surface area contributed by atoms with Crippen LogP contribution in [0.4, 0.5) is 0 Å². The van der Waals surface area contributed by atoms with E-state index < -0.39 is 0 Å². The first kappa shape index (κ1) is 9.35. The first-order chi connectivity index (χ1) is 7.75. The third-order valence-electron chi connectivity index (χ3n) is 2.70. The lowest BCUT2D eigenvalue weighted by Gasteiger charge is -2.02. The van der Waals surface area contributed by atoms with Gasteiger partial charge in [-0.25, -0.2) is 0 Å². The molecule has 0 bridgehead atoms. The molecule has 80 valence electrons. The molecule has 0 radical (unpaired) electrons. The van der Waals surface area contributed by atoms with Crippen LogP contribution in [0.3, 0.4) is 0 Å². The highest BCUT2D eigenvalue weighted by Crippen LogP contribution is 2.18. The number of aromatic nitrogens is 4. The molecule has 0 aliphatic carbocycles. The Morgan fingerprint density at radius 1 is 1.31 bits per heavy atom. The first-order valence-corrected chi connectivity index (χ1v) is 5.34. The Morgan fingerprint density at radius 2 is 2.19 bits per heavy atom. The van der Waals surface area contributed by atoms with E-state index in [0.717, 1.165) is 5.69 Å². The largest absolute Gasteiger partial charge is 0.351 e. The van der Waals surface area contributed by atoms with Crippen molar-refractivity contribution >= 4 is 23.1 Å². The molecule has 0 aliphatic heterocycles. The normalized spacial score (nSPS) is 11.1. The van der Waals surface area contributed by atoms with Crippen LogP contribution in [0.1, 0.15) is 0 Å². The van der Waals surface area contributed by atoms with Crippen molar-refractivity contribution in [2.24, 2.45) is 7.05 Å². The van der Waals surface area contributed by atoms with E-state index >= 15 is 0 Å². The van der Waals surface area contributed by atoms with E-state index in [1.807, 2.05) is 23.9 Å². The molecule has 5 heteroatoms. The lowest BCUT2D eigenvalue weighted by atomic mass is 10.2. The van der Waals surface area contributed by atoms with Gasteiger partial charge in [0, 0.05) is 24.1 Å². The third kappa shape index (κ3) is 1.29. The van der Waals surface area contributed by atoms with Crippen LogP contribution in [-0.4, -0.2) is 19.3 Å². The van der Waals surface area contributed by atoms with Gasteiger partial charge in [-0.3, -0.25) is 9.67 Å². The molecule has 0 fully saturated rings. The fourth-order valence-electron chi connectivity index (χ4n) is 1.85. The lowest BCUT2D eigenvalue weighted by molar-refractivity contribution is 0.968. The van der Waals surface area contributed by atoms with E-state index in [1.165, 1.54) is 10.9 Å². The third-order valence-corrected chi connectivity index (χ3v) is 2.99. The molecule has 3 rings (SSSR count). The number of H-pyrrole nitrogens is 1. The zero-order chi connectivity index (χ0) is 11.1. The number of hydrogen-bond donors (Lipinski definition) is 1. The summed E-state index contributed by atoms with van der Waals surface area (Å²) in [6.45, 7) is 0. The highest BCUT2D eigenvalue weighted by atomic mass is 32.1. The molecule has 1 N–H and O–H groups in total. The highest BCUT2D eigenvalue weighted by Gasteiger charge is 2.02. The molecule has 3 aromatic rings. The SMILES string of the molecule is Cn1ccc2cc(-n3cn[nH]c3=S)ccc21. The highest BCUT2D eigenvalue weighted by molar-refractivity contribution is 7.71. The van der Waals surface area contributed by atoms with Crippen LogP contribution in [0.2, 0.25) is 0 Å². The molecule has 1 aromatic carbocycles. The predicted molar refractivity (Wildman–Crippen MR) is 65.2 cm³/mol. The van der Waals surface area contributed by atoms with Gasteiger partial charge >= 0.3 is 0 Å². The van der Waals surface area contributed by atoms with E-state index in [4.69, 9.17) is 12.2 Å². The second-order valence-electron chi connectivity index (χ2n) is 3.70. The molecular weight excluding hydrogens is 220 g/mol. The van der Waals surface area contributed by atoms with E-state index in [9.17, 15) is 0 Å². The van der Waals surface area contributed by atoms with Gasteiger partial charge in [0.2, 0.25) is 0 Å². The first-order valence-electron chi connectivity index (χ1n) is 4.93. The van der Waals surface area contributed by atoms with Crippen molar-refractivity contribution in [2.45, 2.75) is 0 Å². The maximum atomic E-state index is 5.13. The molecule has 0 unspecified atom stereocenters. The van der Waals surface area contributed by atoms with Gasteiger partial charge in [0.25, 0.3) is 0 Å². The Bertz CT molecular complexity index is 704. The summed E-state index contributed by atoms with van der Waals surface area (Å²) in [6, 6.07) is 8.30. The minimum Gasteiger partial charge on any atom is -0.351 e. The average molecular weight is 230 g/mol. The Morgan fingerprint density at radius 3 is 2.94 bits per heavy atom. The fourth-order valence-corrected chi connectivity index (χ4v) is 2.06. The lowest BCUT2D eigenvalue weighted by Crippen LogP contribution is -1.92. The molecule has 0 aliphatic rings. The zero-order valence-electron chi connectivity index (χ0n) is 8.71. The zero-order valence-corrected chi connectivity index (χ0v) is 9.53. The summed E-state index contributed by atoms with van der Waals surface area (Å²) < 4.78 is 4.55. The number of nitrogens with one attached hydrogen (secondary N) is 1. The van der Waals surface area contributed by atoms with Gasteiger partial charge in [-0.1, -0.05) is 0 Å². The Balaban J connectivity index is 2.27. The quantitative estimate of drug-likeness (QED) is 0.652. The molecule has 0 spiro atoms. The molecule has 0 saturated heterocycles. The summed E-state index contributed by atoms with van der Waals surface area (Å²) in [4.78, 5) is 0. The molecule has 0 saturated carbocycles. The number of fused-ring (bicyclic) bond motifs is 1. The Kier molecular flexibility index (Phi) is 1.94. The van der Waals surface area contributed by atoms with Crippen molar-refractivity contribution in [3.05, 3.63) is 41.6 Å². The number of aryl methyl sites for hydroxylation is 1. The summed E-state index contributed by atoms with van der Waals surface area (Å²) in [5.74, 6) is 0. The van der Waals surface area contributed by atoms with Crippen LogP contribution in [0, 0.1) is 4.77 Å². The van der Waals surface area contributed by atoms with E-state index in [2.05, 4.69) is 33.0 Å². The smallest absolute Gasteiger partial charge is 0.199 e. The summed E-state index contributed by atoms with van der Waals surface area (Å²) in [5.41, 5.74) is 2.23. The summed E-state index contributed by atoms with van der Waals surface area (Å²) >= 11 is 5.13. The molecular formula is C11H10N4S. The molecule has 2 aromatic heterocycles. The van der Waals surface area contributed by atoms with Crippen LogP contribution in [0.5, 0.6) is 0 Å². The van der Waals surface area contributed by atoms with E-state index in [0.29, 0.717) is 4.77 Å². The minimum atomic E-state index is 0.607. The van der Waals surface area contributed by atoms with Crippen molar-refractivity contribution < 1.29 is 0 Å². The Labute approximate surface area is 97.1 Å². The van der Waals surface area contributed by atoms with E-state index in [-0.39, 0.29) is 0 Å². The van der Waals surface area contributed by atoms with Crippen molar-refractivity contribution in [3.63, 3.8) is 0 Å². The van der Waals surface area contributed by atoms with Crippen LogP contribution in [0.15, 0.2) is 36.8 Å². The predicted octanol–water partition coefficient (Wildman–Crippen LogP) is 2.42. The summed E-state index contributed by atoms with van der Waals surface area (Å²) in [6.07, 6.45) is 3.73. The number of benzene rings is 1. The van der Waals surface area contributed by atoms with Crippen LogP contribution in [0.25, 0.3) is 16.6 Å². The number of aromatic amines is 1. The van der Waals surface area contributed by atoms with Crippen LogP contribution in [-0.2, 0) is 7.05 Å². The monoisotopic (exact) mass is 230 g/mol. The van der Waals surface area contributed by atoms with Gasteiger partial charge in [-0.2, -0.15) is 5.10 Å². The second-order valence-corrected chi connectivity index (χ2v) is 4.09. The standard InChI is InChI=1S/C11H10N4S/c1-14-5-4-8-6-9(2-3-10(8)14)15-7-12-13-11(15)16/h2-7H,1H3,(H,13,16). The summed E-state index contributed by atoms with van der Waals surface area (Å²) in [7, 11) is 2.03. The number of nitrogens with zero attached hydrogens (tertiary/aromatic N) is 3. The molecule has 4 nitrogen and oxygen atoms in total. The van der Waals surface area contributed by atoms with Crippen LogP contribution < -0.4 is 0 Å². The molecule has 16 heavy (non-hydrogen) atoms. The van der Waals surface area contributed by atoms with Crippen molar-refractivity contribution in [1.29, 1.82) is 0 Å². The molecule has 0 atom stereocenters.